The number of aldehydes is 1. The predicted molar refractivity (Wildman–Crippen MR) is 80.0 cm³/mol. The van der Waals surface area contributed by atoms with Crippen LogP contribution in [-0.4, -0.2) is 15.9 Å². The summed E-state index contributed by atoms with van der Waals surface area (Å²) in [5.41, 5.74) is 2.81. The number of benzene rings is 1. The lowest BCUT2D eigenvalue weighted by Gasteiger charge is -2.15. The van der Waals surface area contributed by atoms with Crippen molar-refractivity contribution in [2.24, 2.45) is 0 Å². The highest BCUT2D eigenvalue weighted by atomic mass is 19.2. The SMILES string of the molecule is CC(C)c1c(C=O)c(-c2ccc(F)c(F)c2)nn2cccc12. The van der Waals surface area contributed by atoms with Crippen LogP contribution in [0.4, 0.5) is 8.78 Å². The Labute approximate surface area is 126 Å². The average Bonchev–Trinajstić information content (AvgIpc) is 2.95. The van der Waals surface area contributed by atoms with Crippen LogP contribution in [0.1, 0.15) is 35.7 Å². The first-order valence-electron chi connectivity index (χ1n) is 6.94. The van der Waals surface area contributed by atoms with Crippen LogP contribution in [0.5, 0.6) is 0 Å². The smallest absolute Gasteiger partial charge is 0.159 e. The molecule has 0 amide bonds. The summed E-state index contributed by atoms with van der Waals surface area (Å²) in [5.74, 6) is -1.80. The summed E-state index contributed by atoms with van der Waals surface area (Å²) in [5, 5.41) is 4.39. The van der Waals surface area contributed by atoms with Crippen LogP contribution in [0.15, 0.2) is 36.5 Å². The molecule has 3 nitrogen and oxygen atoms in total. The molecule has 2 heterocycles. The third-order valence-corrected chi connectivity index (χ3v) is 3.65. The van der Waals surface area contributed by atoms with Crippen LogP contribution >= 0.6 is 0 Å². The minimum Gasteiger partial charge on any atom is -0.298 e. The quantitative estimate of drug-likeness (QED) is 0.679. The van der Waals surface area contributed by atoms with Crippen LogP contribution in [0.2, 0.25) is 0 Å². The van der Waals surface area contributed by atoms with E-state index in [0.717, 1.165) is 29.5 Å². The zero-order valence-corrected chi connectivity index (χ0v) is 12.2. The molecule has 0 spiro atoms. The Morgan fingerprint density at radius 1 is 1.18 bits per heavy atom. The number of fused-ring (bicyclic) bond motifs is 1. The van der Waals surface area contributed by atoms with E-state index >= 15 is 0 Å². The molecular formula is C17H14F2N2O. The van der Waals surface area contributed by atoms with E-state index in [9.17, 15) is 13.6 Å². The van der Waals surface area contributed by atoms with E-state index in [0.29, 0.717) is 16.8 Å². The second-order valence-electron chi connectivity index (χ2n) is 5.42. The fourth-order valence-corrected chi connectivity index (χ4v) is 2.68. The monoisotopic (exact) mass is 300 g/mol. The van der Waals surface area contributed by atoms with Gasteiger partial charge in [0.2, 0.25) is 0 Å². The molecule has 3 rings (SSSR count). The van der Waals surface area contributed by atoms with Gasteiger partial charge in [0.15, 0.2) is 17.9 Å². The van der Waals surface area contributed by atoms with Crippen LogP contribution in [-0.2, 0) is 0 Å². The van der Waals surface area contributed by atoms with Crippen molar-refractivity contribution >= 4 is 11.8 Å². The molecule has 0 saturated heterocycles. The van der Waals surface area contributed by atoms with E-state index in [1.54, 1.807) is 10.7 Å². The summed E-state index contributed by atoms with van der Waals surface area (Å²) in [6, 6.07) is 7.23. The molecule has 0 bridgehead atoms. The van der Waals surface area contributed by atoms with Crippen LogP contribution in [0, 0.1) is 11.6 Å². The molecule has 22 heavy (non-hydrogen) atoms. The first-order valence-corrected chi connectivity index (χ1v) is 6.94. The van der Waals surface area contributed by atoms with Gasteiger partial charge in [-0.3, -0.25) is 4.79 Å². The molecule has 0 unspecified atom stereocenters. The Hall–Kier alpha value is -2.56. The van der Waals surface area contributed by atoms with Crippen molar-refractivity contribution in [2.45, 2.75) is 19.8 Å². The van der Waals surface area contributed by atoms with E-state index in [1.165, 1.54) is 6.07 Å². The summed E-state index contributed by atoms with van der Waals surface area (Å²) in [6.07, 6.45) is 2.49. The van der Waals surface area contributed by atoms with Gasteiger partial charge in [-0.25, -0.2) is 13.3 Å². The molecule has 1 aromatic carbocycles. The van der Waals surface area contributed by atoms with Gasteiger partial charge in [0.25, 0.3) is 0 Å². The van der Waals surface area contributed by atoms with Crippen molar-refractivity contribution in [1.29, 1.82) is 0 Å². The summed E-state index contributed by atoms with van der Waals surface area (Å²) in [4.78, 5) is 11.6. The van der Waals surface area contributed by atoms with Gasteiger partial charge in [-0.15, -0.1) is 0 Å². The number of carbonyl (C=O) groups is 1. The zero-order chi connectivity index (χ0) is 15.9. The van der Waals surface area contributed by atoms with Crippen molar-refractivity contribution in [3.8, 4) is 11.3 Å². The highest BCUT2D eigenvalue weighted by Gasteiger charge is 2.19. The van der Waals surface area contributed by atoms with Crippen molar-refractivity contribution in [2.75, 3.05) is 0 Å². The summed E-state index contributed by atoms with van der Waals surface area (Å²) < 4.78 is 28.3. The number of halogens is 2. The summed E-state index contributed by atoms with van der Waals surface area (Å²) in [7, 11) is 0. The Balaban J connectivity index is 2.37. The first kappa shape index (κ1) is 14.4. The molecule has 0 atom stereocenters. The van der Waals surface area contributed by atoms with Crippen LogP contribution in [0.3, 0.4) is 0 Å². The van der Waals surface area contributed by atoms with E-state index in [2.05, 4.69) is 5.10 Å². The van der Waals surface area contributed by atoms with Crippen molar-refractivity contribution in [1.82, 2.24) is 9.61 Å². The van der Waals surface area contributed by atoms with Gasteiger partial charge in [0.1, 0.15) is 5.69 Å². The minimum absolute atomic E-state index is 0.0876. The zero-order valence-electron chi connectivity index (χ0n) is 12.2. The van der Waals surface area contributed by atoms with Gasteiger partial charge >= 0.3 is 0 Å². The number of hydrogen-bond acceptors (Lipinski definition) is 2. The molecule has 0 radical (unpaired) electrons. The number of nitrogens with zero attached hydrogens (tertiary/aromatic N) is 2. The second-order valence-corrected chi connectivity index (χ2v) is 5.42. The molecule has 3 aromatic rings. The van der Waals surface area contributed by atoms with Gasteiger partial charge in [-0.05, 0) is 41.8 Å². The minimum atomic E-state index is -0.963. The maximum absolute atomic E-state index is 13.5. The molecule has 0 aliphatic rings. The lowest BCUT2D eigenvalue weighted by Crippen LogP contribution is -2.07. The molecule has 0 aliphatic heterocycles. The molecule has 0 aliphatic carbocycles. The predicted octanol–water partition coefficient (Wildman–Crippen LogP) is 4.22. The molecule has 5 heteroatoms. The van der Waals surface area contributed by atoms with Gasteiger partial charge in [0, 0.05) is 17.3 Å². The second kappa shape index (κ2) is 5.33. The topological polar surface area (TPSA) is 34.4 Å². The van der Waals surface area contributed by atoms with Crippen LogP contribution < -0.4 is 0 Å². The van der Waals surface area contributed by atoms with Crippen molar-refractivity contribution in [3.63, 3.8) is 0 Å². The largest absolute Gasteiger partial charge is 0.298 e. The van der Waals surface area contributed by atoms with Gasteiger partial charge < -0.3 is 0 Å². The number of aromatic nitrogens is 2. The summed E-state index contributed by atoms with van der Waals surface area (Å²) in [6.45, 7) is 3.95. The molecule has 0 saturated carbocycles. The average molecular weight is 300 g/mol. The van der Waals surface area contributed by atoms with E-state index in [-0.39, 0.29) is 5.92 Å². The highest BCUT2D eigenvalue weighted by molar-refractivity contribution is 5.90. The fraction of sp³-hybridized carbons (Fsp3) is 0.176. The van der Waals surface area contributed by atoms with E-state index in [1.807, 2.05) is 26.0 Å². The number of hydrogen-bond donors (Lipinski definition) is 0. The molecular weight excluding hydrogens is 286 g/mol. The fourth-order valence-electron chi connectivity index (χ4n) is 2.68. The third-order valence-electron chi connectivity index (χ3n) is 3.65. The van der Waals surface area contributed by atoms with Crippen LogP contribution in [0.25, 0.3) is 16.8 Å². The summed E-state index contributed by atoms with van der Waals surface area (Å²) >= 11 is 0. The molecule has 2 aromatic heterocycles. The molecule has 0 N–H and O–H groups in total. The Morgan fingerprint density at radius 2 is 1.95 bits per heavy atom. The maximum atomic E-state index is 13.5. The maximum Gasteiger partial charge on any atom is 0.159 e. The standard InChI is InChI=1S/C17H14F2N2O/c1-10(2)16-12(9-22)17(20-21-7-3-4-15(16)21)11-5-6-13(18)14(19)8-11/h3-10H,1-2H3. The molecule has 0 fully saturated rings. The highest BCUT2D eigenvalue weighted by Crippen LogP contribution is 2.31. The molecule has 112 valence electrons. The first-order chi connectivity index (χ1) is 10.5. The van der Waals surface area contributed by atoms with Gasteiger partial charge in [0.05, 0.1) is 5.52 Å². The third kappa shape index (κ3) is 2.19. The van der Waals surface area contributed by atoms with Gasteiger partial charge in [-0.1, -0.05) is 13.8 Å². The Morgan fingerprint density at radius 3 is 2.59 bits per heavy atom. The lowest BCUT2D eigenvalue weighted by molar-refractivity contribution is 0.112. The van der Waals surface area contributed by atoms with Crippen molar-refractivity contribution in [3.05, 3.63) is 59.3 Å². The van der Waals surface area contributed by atoms with Gasteiger partial charge in [-0.2, -0.15) is 5.10 Å². The van der Waals surface area contributed by atoms with E-state index < -0.39 is 11.6 Å². The normalized spacial score (nSPS) is 11.3. The number of rotatable bonds is 3. The van der Waals surface area contributed by atoms with E-state index in [4.69, 9.17) is 0 Å². The Bertz CT molecular complexity index is 868. The van der Waals surface area contributed by atoms with Crippen molar-refractivity contribution < 1.29 is 13.6 Å². The Kier molecular flexibility index (Phi) is 3.48. The lowest BCUT2D eigenvalue weighted by atomic mass is 9.94. The number of carbonyl (C=O) groups excluding carboxylic acids is 1.